The predicted molar refractivity (Wildman–Crippen MR) is 140 cm³/mol. The van der Waals surface area contributed by atoms with Crippen LogP contribution in [0.4, 0.5) is 5.69 Å². The number of para-hydroxylation sites is 1. The minimum absolute atomic E-state index is 0.0805. The Labute approximate surface area is 214 Å². The second kappa shape index (κ2) is 10.3. The smallest absolute Gasteiger partial charge is 0.253 e. The Kier molecular flexibility index (Phi) is 6.58. The van der Waals surface area contributed by atoms with Crippen molar-refractivity contribution in [1.29, 1.82) is 0 Å². The summed E-state index contributed by atoms with van der Waals surface area (Å²) in [6, 6.07) is 17.6. The number of anilines is 1. The van der Waals surface area contributed by atoms with E-state index in [1.807, 2.05) is 35.0 Å². The van der Waals surface area contributed by atoms with Gasteiger partial charge in [-0.05, 0) is 59.7 Å². The first-order valence-corrected chi connectivity index (χ1v) is 12.8. The average molecular weight is 502 g/mol. The number of methoxy groups -OCH3 is 1. The van der Waals surface area contributed by atoms with Crippen molar-refractivity contribution in [3.05, 3.63) is 76.3 Å². The summed E-state index contributed by atoms with van der Waals surface area (Å²) in [5.74, 6) is 1.40. The van der Waals surface area contributed by atoms with E-state index in [2.05, 4.69) is 54.6 Å². The molecule has 2 saturated heterocycles. The number of aromatic nitrogens is 5. The van der Waals surface area contributed by atoms with Crippen LogP contribution in [0.25, 0.3) is 10.9 Å². The lowest BCUT2D eigenvalue weighted by molar-refractivity contribution is 0.0906. The number of hydrogen-bond acceptors (Lipinski definition) is 8. The fourth-order valence-electron chi connectivity index (χ4n) is 5.43. The lowest BCUT2D eigenvalue weighted by atomic mass is 10.0. The molecule has 4 heterocycles. The van der Waals surface area contributed by atoms with Crippen molar-refractivity contribution in [2.75, 3.05) is 44.8 Å². The van der Waals surface area contributed by atoms with E-state index in [-0.39, 0.29) is 11.7 Å². The van der Waals surface area contributed by atoms with Crippen LogP contribution in [0.1, 0.15) is 30.3 Å². The van der Waals surface area contributed by atoms with Crippen molar-refractivity contribution in [1.82, 2.24) is 30.1 Å². The van der Waals surface area contributed by atoms with Crippen molar-refractivity contribution in [2.24, 2.45) is 0 Å². The van der Waals surface area contributed by atoms with E-state index in [4.69, 9.17) is 9.47 Å². The number of piperazine rings is 1. The molecule has 37 heavy (non-hydrogen) atoms. The Hall–Kier alpha value is -3.76. The third-order valence-electron chi connectivity index (χ3n) is 7.38. The first-order valence-electron chi connectivity index (χ1n) is 12.8. The third-order valence-corrected chi connectivity index (χ3v) is 7.38. The van der Waals surface area contributed by atoms with E-state index in [0.29, 0.717) is 17.9 Å². The van der Waals surface area contributed by atoms with Crippen LogP contribution in [0.15, 0.2) is 59.4 Å². The third kappa shape index (κ3) is 4.82. The Morgan fingerprint density at radius 3 is 2.70 bits per heavy atom. The topological polar surface area (TPSA) is 101 Å². The quantitative estimate of drug-likeness (QED) is 0.413. The van der Waals surface area contributed by atoms with Gasteiger partial charge in [-0.25, -0.2) is 4.68 Å². The normalized spacial score (nSPS) is 19.4. The van der Waals surface area contributed by atoms with Crippen molar-refractivity contribution in [2.45, 2.75) is 31.5 Å². The highest BCUT2D eigenvalue weighted by molar-refractivity contribution is 5.80. The number of hydrogen-bond donors (Lipinski definition) is 1. The van der Waals surface area contributed by atoms with E-state index in [9.17, 15) is 4.79 Å². The van der Waals surface area contributed by atoms with Crippen LogP contribution in [0.5, 0.6) is 5.75 Å². The standard InChI is InChI=1S/C27H31N7O3/c1-36-21-9-10-24-19(16-21)17-23(27(35)28-24)25(26-29-30-31-34(26)18-22-8-5-15-37-22)33-13-11-32(12-14-33)20-6-3-2-4-7-20/h2-4,6-7,9-10,16-17,22,25H,5,8,11-15,18H2,1H3,(H,28,35). The lowest BCUT2D eigenvalue weighted by Crippen LogP contribution is -2.49. The molecule has 6 rings (SSSR count). The second-order valence-electron chi connectivity index (χ2n) is 9.62. The number of nitrogens with one attached hydrogen (secondary N) is 1. The lowest BCUT2D eigenvalue weighted by Gasteiger charge is -2.39. The number of ether oxygens (including phenoxy) is 2. The molecule has 2 fully saturated rings. The molecular formula is C27H31N7O3. The van der Waals surface area contributed by atoms with Crippen LogP contribution in [0, 0.1) is 0 Å². The highest BCUT2D eigenvalue weighted by Crippen LogP contribution is 2.30. The number of fused-ring (bicyclic) bond motifs is 1. The molecule has 2 aromatic heterocycles. The first-order chi connectivity index (χ1) is 18.2. The maximum atomic E-state index is 13.5. The molecule has 2 aliphatic heterocycles. The monoisotopic (exact) mass is 501 g/mol. The minimum Gasteiger partial charge on any atom is -0.497 e. The molecule has 0 spiro atoms. The highest BCUT2D eigenvalue weighted by Gasteiger charge is 2.33. The highest BCUT2D eigenvalue weighted by atomic mass is 16.5. The average Bonchev–Trinajstić information content (AvgIpc) is 3.63. The molecule has 2 unspecified atom stereocenters. The summed E-state index contributed by atoms with van der Waals surface area (Å²) in [6.45, 7) is 4.55. The van der Waals surface area contributed by atoms with E-state index in [0.717, 1.165) is 62.3 Å². The SMILES string of the molecule is COc1ccc2[nH]c(=O)c(C(c3nnnn3CC3CCCO3)N3CCN(c4ccccc4)CC3)cc2c1. The molecule has 2 atom stereocenters. The van der Waals surface area contributed by atoms with E-state index in [1.54, 1.807) is 7.11 Å². The molecule has 0 saturated carbocycles. The van der Waals surface area contributed by atoms with Gasteiger partial charge in [-0.1, -0.05) is 18.2 Å². The zero-order chi connectivity index (χ0) is 25.2. The van der Waals surface area contributed by atoms with Gasteiger partial charge >= 0.3 is 0 Å². The van der Waals surface area contributed by atoms with Gasteiger partial charge in [-0.2, -0.15) is 0 Å². The molecular weight excluding hydrogens is 470 g/mol. The maximum absolute atomic E-state index is 13.5. The van der Waals surface area contributed by atoms with E-state index >= 15 is 0 Å². The van der Waals surface area contributed by atoms with Gasteiger partial charge in [0.2, 0.25) is 0 Å². The Balaban J connectivity index is 1.38. The summed E-state index contributed by atoms with van der Waals surface area (Å²) in [7, 11) is 1.64. The van der Waals surface area contributed by atoms with Gasteiger partial charge in [-0.15, -0.1) is 5.10 Å². The zero-order valence-corrected chi connectivity index (χ0v) is 20.9. The molecule has 1 N–H and O–H groups in total. The summed E-state index contributed by atoms with van der Waals surface area (Å²) >= 11 is 0. The summed E-state index contributed by atoms with van der Waals surface area (Å²) in [4.78, 5) is 21.2. The van der Waals surface area contributed by atoms with Crippen LogP contribution in [0.3, 0.4) is 0 Å². The number of nitrogens with zero attached hydrogens (tertiary/aromatic N) is 6. The Morgan fingerprint density at radius 1 is 1.11 bits per heavy atom. The summed E-state index contributed by atoms with van der Waals surface area (Å²) in [5, 5.41) is 13.7. The largest absolute Gasteiger partial charge is 0.497 e. The molecule has 192 valence electrons. The number of benzene rings is 2. The van der Waals surface area contributed by atoms with Crippen molar-refractivity contribution < 1.29 is 9.47 Å². The molecule has 0 radical (unpaired) electrons. The zero-order valence-electron chi connectivity index (χ0n) is 20.9. The number of pyridine rings is 1. The minimum atomic E-state index is -0.395. The molecule has 10 heteroatoms. The van der Waals surface area contributed by atoms with Crippen molar-refractivity contribution >= 4 is 16.6 Å². The van der Waals surface area contributed by atoms with E-state index < -0.39 is 6.04 Å². The number of tetrazole rings is 1. The molecule has 0 bridgehead atoms. The molecule has 2 aliphatic rings. The maximum Gasteiger partial charge on any atom is 0.253 e. The molecule has 10 nitrogen and oxygen atoms in total. The fraction of sp³-hybridized carbons (Fsp3) is 0.407. The Morgan fingerprint density at radius 2 is 1.95 bits per heavy atom. The van der Waals surface area contributed by atoms with Gasteiger partial charge in [0.05, 0.1) is 19.8 Å². The van der Waals surface area contributed by atoms with E-state index in [1.165, 1.54) is 5.69 Å². The van der Waals surface area contributed by atoms with Crippen LogP contribution in [-0.4, -0.2) is 76.1 Å². The summed E-state index contributed by atoms with van der Waals surface area (Å²) in [5.41, 5.74) is 2.45. The van der Waals surface area contributed by atoms with Crippen LogP contribution >= 0.6 is 0 Å². The predicted octanol–water partition coefficient (Wildman–Crippen LogP) is 2.61. The Bertz CT molecular complexity index is 1410. The van der Waals surface area contributed by atoms with Crippen molar-refractivity contribution in [3.8, 4) is 5.75 Å². The number of H-pyrrole nitrogens is 1. The van der Waals surface area contributed by atoms with Crippen LogP contribution < -0.4 is 15.2 Å². The van der Waals surface area contributed by atoms with Gasteiger partial charge in [0.15, 0.2) is 5.82 Å². The van der Waals surface area contributed by atoms with Crippen LogP contribution in [0.2, 0.25) is 0 Å². The van der Waals surface area contributed by atoms with Gasteiger partial charge in [0.1, 0.15) is 11.8 Å². The second-order valence-corrected chi connectivity index (χ2v) is 9.62. The van der Waals surface area contributed by atoms with Crippen LogP contribution in [-0.2, 0) is 11.3 Å². The molecule has 0 amide bonds. The van der Waals surface area contributed by atoms with Gasteiger partial charge in [0, 0.05) is 54.9 Å². The van der Waals surface area contributed by atoms with Gasteiger partial charge in [-0.3, -0.25) is 9.69 Å². The van der Waals surface area contributed by atoms with Gasteiger partial charge < -0.3 is 19.4 Å². The summed E-state index contributed by atoms with van der Waals surface area (Å²) in [6.07, 6.45) is 2.10. The fourth-order valence-corrected chi connectivity index (χ4v) is 5.43. The first kappa shape index (κ1) is 23.6. The number of rotatable bonds is 7. The molecule has 0 aliphatic carbocycles. The van der Waals surface area contributed by atoms with Crippen molar-refractivity contribution in [3.63, 3.8) is 0 Å². The summed E-state index contributed by atoms with van der Waals surface area (Å²) < 4.78 is 13.1. The van der Waals surface area contributed by atoms with Gasteiger partial charge in [0.25, 0.3) is 5.56 Å². The number of aromatic amines is 1. The molecule has 4 aromatic rings. The molecule has 2 aromatic carbocycles.